The Morgan fingerprint density at radius 3 is 2.61 bits per heavy atom. The van der Waals surface area contributed by atoms with E-state index in [4.69, 9.17) is 4.42 Å². The minimum absolute atomic E-state index is 0.0785. The maximum Gasteiger partial charge on any atom is 0.294 e. The molecule has 0 saturated carbocycles. The number of hydrogen-bond acceptors (Lipinski definition) is 5. The molecule has 2 aromatic carbocycles. The van der Waals surface area contributed by atoms with E-state index in [1.807, 2.05) is 49.7 Å². The zero-order valence-electron chi connectivity index (χ0n) is 19.7. The van der Waals surface area contributed by atoms with Gasteiger partial charge in [-0.15, -0.1) is 0 Å². The fourth-order valence-corrected chi connectivity index (χ4v) is 4.91. The number of imidazole rings is 1. The van der Waals surface area contributed by atoms with Crippen molar-refractivity contribution in [2.75, 3.05) is 33.2 Å². The lowest BCUT2D eigenvalue weighted by molar-refractivity contribution is -0.633. The second-order valence-electron chi connectivity index (χ2n) is 9.08. The number of hydrogen-bond donors (Lipinski definition) is 2. The Balaban J connectivity index is 1.71. The first kappa shape index (κ1) is 21.7. The smallest absolute Gasteiger partial charge is 0.294 e. The Kier molecular flexibility index (Phi) is 5.46. The fourth-order valence-electron chi connectivity index (χ4n) is 4.91. The summed E-state index contributed by atoms with van der Waals surface area (Å²) in [5, 5.41) is 11.6. The molecule has 4 aromatic rings. The highest BCUT2D eigenvalue weighted by Gasteiger charge is 2.27. The number of nitrogens with one attached hydrogen (secondary N) is 1. The summed E-state index contributed by atoms with van der Waals surface area (Å²) in [4.78, 5) is 21.9. The van der Waals surface area contributed by atoms with E-state index in [-0.39, 0.29) is 11.2 Å². The summed E-state index contributed by atoms with van der Waals surface area (Å²) < 4.78 is 8.32. The number of H-pyrrole nitrogens is 1. The number of rotatable bonds is 4. The van der Waals surface area contributed by atoms with Crippen molar-refractivity contribution in [3.63, 3.8) is 0 Å². The Labute approximate surface area is 192 Å². The number of likely N-dealkylation sites (N-methyl/N-ethyl adjacent to an activating group) is 1. The van der Waals surface area contributed by atoms with Gasteiger partial charge in [0.1, 0.15) is 22.7 Å². The molecular formula is C26H31N4O3+. The zero-order valence-corrected chi connectivity index (χ0v) is 19.7. The highest BCUT2D eigenvalue weighted by Crippen LogP contribution is 2.34. The van der Waals surface area contributed by atoms with Crippen molar-refractivity contribution in [3.05, 3.63) is 57.4 Å². The number of aromatic nitrogens is 2. The number of piperazine rings is 1. The molecule has 172 valence electrons. The standard InChI is InChI=1S/C26H30N4O3/c1-5-17-14-18-24(32)22(26-27-20-8-6-7-9-21(20)29(26)4)16(2)33-25(18)19(23(17)31)15-30-12-10-28(3)11-13-30/h6-9,14H,5,10-13,15H2,1-4H3,(H,31,32)/p+1. The van der Waals surface area contributed by atoms with Crippen LogP contribution in [0.2, 0.25) is 0 Å². The molecule has 33 heavy (non-hydrogen) atoms. The maximum atomic E-state index is 13.9. The van der Waals surface area contributed by atoms with E-state index >= 15 is 0 Å². The van der Waals surface area contributed by atoms with Gasteiger partial charge in [-0.3, -0.25) is 9.69 Å². The van der Waals surface area contributed by atoms with Crippen molar-refractivity contribution >= 4 is 22.0 Å². The third-order valence-corrected chi connectivity index (χ3v) is 6.96. The van der Waals surface area contributed by atoms with Gasteiger partial charge in [0.05, 0.1) is 18.0 Å². The molecule has 1 aliphatic rings. The molecule has 0 unspecified atom stereocenters. The summed E-state index contributed by atoms with van der Waals surface area (Å²) in [6, 6.07) is 9.78. The average Bonchev–Trinajstić information content (AvgIpc) is 3.13. The molecule has 1 aliphatic heterocycles. The van der Waals surface area contributed by atoms with Crippen LogP contribution in [-0.2, 0) is 20.0 Å². The molecule has 2 aromatic heterocycles. The minimum atomic E-state index is -0.0785. The number of benzene rings is 2. The minimum Gasteiger partial charge on any atom is -0.507 e. The Morgan fingerprint density at radius 1 is 1.18 bits per heavy atom. The van der Waals surface area contributed by atoms with Gasteiger partial charge in [-0.1, -0.05) is 19.1 Å². The molecule has 0 atom stereocenters. The highest BCUT2D eigenvalue weighted by atomic mass is 16.3. The first-order valence-electron chi connectivity index (χ1n) is 11.6. The van der Waals surface area contributed by atoms with Gasteiger partial charge in [-0.05, 0) is 44.2 Å². The summed E-state index contributed by atoms with van der Waals surface area (Å²) in [6.45, 7) is 8.18. The maximum absolute atomic E-state index is 13.9. The number of aromatic amines is 1. The highest BCUT2D eigenvalue weighted by molar-refractivity contribution is 5.87. The second-order valence-corrected chi connectivity index (χ2v) is 9.08. The largest absolute Gasteiger partial charge is 0.507 e. The molecule has 7 nitrogen and oxygen atoms in total. The lowest BCUT2D eigenvalue weighted by Crippen LogP contribution is -2.43. The molecule has 2 N–H and O–H groups in total. The van der Waals surface area contributed by atoms with Gasteiger partial charge in [0.15, 0.2) is 11.0 Å². The van der Waals surface area contributed by atoms with E-state index in [9.17, 15) is 9.90 Å². The normalized spacial score (nSPS) is 15.6. The summed E-state index contributed by atoms with van der Waals surface area (Å²) in [5.74, 6) is 1.50. The number of aryl methyl sites for hydroxylation is 3. The number of nitrogens with zero attached hydrogens (tertiary/aromatic N) is 3. The van der Waals surface area contributed by atoms with Crippen molar-refractivity contribution in [1.82, 2.24) is 14.8 Å². The van der Waals surface area contributed by atoms with E-state index in [0.29, 0.717) is 40.8 Å². The van der Waals surface area contributed by atoms with Crippen LogP contribution in [0.4, 0.5) is 0 Å². The van der Waals surface area contributed by atoms with E-state index in [1.165, 1.54) is 0 Å². The van der Waals surface area contributed by atoms with E-state index in [0.717, 1.165) is 48.6 Å². The summed E-state index contributed by atoms with van der Waals surface area (Å²) in [6.07, 6.45) is 0.639. The molecule has 0 bridgehead atoms. The summed E-state index contributed by atoms with van der Waals surface area (Å²) in [5.41, 5.74) is 4.40. The fraction of sp³-hybridized carbons (Fsp3) is 0.385. The SMILES string of the molecule is CCc1cc2c(=O)c(-c3[nH]c4ccccc4[n+]3C)c(C)oc2c(CN2CCN(C)CC2)c1O. The molecule has 1 fully saturated rings. The Morgan fingerprint density at radius 2 is 1.91 bits per heavy atom. The van der Waals surface area contributed by atoms with Crippen LogP contribution in [-0.4, -0.2) is 53.1 Å². The average molecular weight is 448 g/mol. The van der Waals surface area contributed by atoms with E-state index < -0.39 is 0 Å². The van der Waals surface area contributed by atoms with Gasteiger partial charge < -0.3 is 14.4 Å². The molecule has 0 radical (unpaired) electrons. The van der Waals surface area contributed by atoms with Gasteiger partial charge in [0.2, 0.25) is 5.43 Å². The molecule has 3 heterocycles. The van der Waals surface area contributed by atoms with Gasteiger partial charge in [-0.2, -0.15) is 0 Å². The van der Waals surface area contributed by atoms with Crippen LogP contribution in [0.5, 0.6) is 5.75 Å². The molecule has 5 rings (SSSR count). The number of aromatic hydroxyl groups is 1. The van der Waals surface area contributed by atoms with Crippen LogP contribution in [0.15, 0.2) is 39.5 Å². The van der Waals surface area contributed by atoms with Crippen molar-refractivity contribution < 1.29 is 14.1 Å². The van der Waals surface area contributed by atoms with Crippen molar-refractivity contribution in [3.8, 4) is 17.1 Å². The topological polar surface area (TPSA) is 76.6 Å². The van der Waals surface area contributed by atoms with Gasteiger partial charge >= 0.3 is 0 Å². The van der Waals surface area contributed by atoms with Crippen LogP contribution in [0.25, 0.3) is 33.4 Å². The van der Waals surface area contributed by atoms with Crippen molar-refractivity contribution in [1.29, 1.82) is 0 Å². The molecule has 0 aliphatic carbocycles. The van der Waals surface area contributed by atoms with Crippen LogP contribution in [0.3, 0.4) is 0 Å². The monoisotopic (exact) mass is 447 g/mol. The predicted octanol–water partition coefficient (Wildman–Crippen LogP) is 3.09. The summed E-state index contributed by atoms with van der Waals surface area (Å²) >= 11 is 0. The summed E-state index contributed by atoms with van der Waals surface area (Å²) in [7, 11) is 4.07. The van der Waals surface area contributed by atoms with Crippen molar-refractivity contribution in [2.24, 2.45) is 7.05 Å². The first-order valence-corrected chi connectivity index (χ1v) is 11.6. The van der Waals surface area contributed by atoms with Gasteiger partial charge in [-0.25, -0.2) is 9.55 Å². The lowest BCUT2D eigenvalue weighted by Gasteiger charge is -2.32. The van der Waals surface area contributed by atoms with E-state index in [2.05, 4.69) is 21.8 Å². The van der Waals surface area contributed by atoms with Crippen LogP contribution in [0, 0.1) is 6.92 Å². The zero-order chi connectivity index (χ0) is 23.3. The third-order valence-electron chi connectivity index (χ3n) is 6.96. The Bertz CT molecular complexity index is 1410. The number of fused-ring (bicyclic) bond motifs is 2. The predicted molar refractivity (Wildman–Crippen MR) is 130 cm³/mol. The van der Waals surface area contributed by atoms with Gasteiger partial charge in [0.25, 0.3) is 5.82 Å². The van der Waals surface area contributed by atoms with E-state index in [1.54, 1.807) is 6.07 Å². The number of para-hydroxylation sites is 2. The molecule has 1 saturated heterocycles. The lowest BCUT2D eigenvalue weighted by atomic mass is 9.99. The van der Waals surface area contributed by atoms with Crippen LogP contribution >= 0.6 is 0 Å². The molecule has 7 heteroatoms. The number of phenols is 1. The molecule has 0 spiro atoms. The number of phenolic OH excluding ortho intramolecular Hbond substituents is 1. The van der Waals surface area contributed by atoms with Gasteiger partial charge in [0, 0.05) is 32.7 Å². The third kappa shape index (κ3) is 3.61. The van der Waals surface area contributed by atoms with Crippen molar-refractivity contribution in [2.45, 2.75) is 26.8 Å². The second kappa shape index (κ2) is 8.32. The first-order chi connectivity index (χ1) is 15.9. The Hall–Kier alpha value is -3.16. The van der Waals surface area contributed by atoms with Crippen LogP contribution < -0.4 is 10.00 Å². The molecule has 0 amide bonds. The van der Waals surface area contributed by atoms with Crippen LogP contribution in [0.1, 0.15) is 23.8 Å². The molecular weight excluding hydrogens is 416 g/mol. The quantitative estimate of drug-likeness (QED) is 0.470.